The minimum absolute atomic E-state index is 0.0314. The first kappa shape index (κ1) is 22.8. The molecular weight excluding hydrogens is 434 g/mol. The van der Waals surface area contributed by atoms with E-state index in [1.807, 2.05) is 0 Å². The highest BCUT2D eigenvalue weighted by atomic mass is 19.4. The molecule has 1 amide bonds. The van der Waals surface area contributed by atoms with Crippen LogP contribution in [0.4, 0.5) is 17.6 Å². The number of alkyl halides is 3. The number of carbonyl (C=O) groups excluding carboxylic acids is 2. The first-order valence-electron chi connectivity index (χ1n) is 9.21. The Bertz CT molecular complexity index is 1130. The topological polar surface area (TPSA) is 113 Å². The Hall–Kier alpha value is -3.83. The fourth-order valence-corrected chi connectivity index (χ4v) is 3.36. The average molecular weight is 451 g/mol. The Labute approximate surface area is 179 Å². The Morgan fingerprint density at radius 2 is 1.94 bits per heavy atom. The van der Waals surface area contributed by atoms with Crippen LogP contribution >= 0.6 is 0 Å². The van der Waals surface area contributed by atoms with Crippen molar-refractivity contribution >= 4 is 12.2 Å². The zero-order valence-electron chi connectivity index (χ0n) is 16.6. The third kappa shape index (κ3) is 4.74. The predicted octanol–water partition coefficient (Wildman–Crippen LogP) is 2.84. The number of aldehydes is 1. The summed E-state index contributed by atoms with van der Waals surface area (Å²) < 4.78 is 58.9. The molecule has 0 aliphatic rings. The van der Waals surface area contributed by atoms with Crippen LogP contribution < -0.4 is 10.5 Å². The van der Waals surface area contributed by atoms with Gasteiger partial charge >= 0.3 is 6.18 Å². The molecule has 0 aliphatic heterocycles. The molecule has 0 saturated carbocycles. The number of aromatic nitrogens is 4. The van der Waals surface area contributed by atoms with E-state index in [1.165, 1.54) is 37.4 Å². The number of carbonyl (C=O) groups is 2. The molecule has 1 atom stereocenters. The molecule has 0 aliphatic carbocycles. The Kier molecular flexibility index (Phi) is 6.51. The molecule has 0 spiro atoms. The molecule has 1 unspecified atom stereocenters. The molecule has 1 aromatic heterocycles. The Morgan fingerprint density at radius 1 is 1.25 bits per heavy atom. The zero-order valence-corrected chi connectivity index (χ0v) is 16.6. The van der Waals surface area contributed by atoms with E-state index in [-0.39, 0.29) is 29.8 Å². The van der Waals surface area contributed by atoms with Crippen molar-refractivity contribution in [1.29, 1.82) is 0 Å². The van der Waals surface area contributed by atoms with Crippen molar-refractivity contribution in [1.82, 2.24) is 20.2 Å². The number of nitrogens with zero attached hydrogens (tertiary/aromatic N) is 4. The molecule has 2 N–H and O–H groups in total. The standard InChI is InChI=1S/C20H17F4N5O3/c1-32-17-13(8-12(6-7-30)11-2-4-14(21)5-3-11)9-15(10-16(17)18(25)31)29-19(20(22,23)24)26-27-28-29/h2-5,7,9-10,12H,6,8H2,1H3,(H2,25,31). The molecule has 32 heavy (non-hydrogen) atoms. The van der Waals surface area contributed by atoms with E-state index < -0.39 is 29.6 Å². The average Bonchev–Trinajstić information content (AvgIpc) is 3.24. The number of hydrogen-bond donors (Lipinski definition) is 1. The van der Waals surface area contributed by atoms with Gasteiger partial charge in [0.25, 0.3) is 11.7 Å². The first-order valence-corrected chi connectivity index (χ1v) is 9.21. The van der Waals surface area contributed by atoms with Gasteiger partial charge in [-0.15, -0.1) is 5.10 Å². The van der Waals surface area contributed by atoms with Crippen molar-refractivity contribution in [3.05, 3.63) is 64.7 Å². The summed E-state index contributed by atoms with van der Waals surface area (Å²) in [4.78, 5) is 23.3. The monoisotopic (exact) mass is 451 g/mol. The second-order valence-electron chi connectivity index (χ2n) is 6.82. The van der Waals surface area contributed by atoms with Gasteiger partial charge in [-0.2, -0.15) is 17.9 Å². The summed E-state index contributed by atoms with van der Waals surface area (Å²) >= 11 is 0. The van der Waals surface area contributed by atoms with Crippen molar-refractivity contribution < 1.29 is 31.9 Å². The molecule has 168 valence electrons. The zero-order chi connectivity index (χ0) is 23.5. The number of halogens is 4. The Balaban J connectivity index is 2.15. The molecule has 0 saturated heterocycles. The van der Waals surface area contributed by atoms with Gasteiger partial charge in [-0.25, -0.2) is 4.39 Å². The minimum atomic E-state index is -4.86. The molecule has 0 bridgehead atoms. The lowest BCUT2D eigenvalue weighted by Crippen LogP contribution is -2.18. The maximum atomic E-state index is 13.3. The fraction of sp³-hybridized carbons (Fsp3) is 0.250. The lowest BCUT2D eigenvalue weighted by molar-refractivity contribution is -0.146. The van der Waals surface area contributed by atoms with E-state index in [4.69, 9.17) is 10.5 Å². The third-order valence-corrected chi connectivity index (χ3v) is 4.78. The van der Waals surface area contributed by atoms with Crippen LogP contribution in [0.25, 0.3) is 5.69 Å². The summed E-state index contributed by atoms with van der Waals surface area (Å²) in [5.74, 6) is -3.24. The molecule has 0 fully saturated rings. The lowest BCUT2D eigenvalue weighted by Gasteiger charge is -2.20. The van der Waals surface area contributed by atoms with Crippen LogP contribution in [-0.4, -0.2) is 39.5 Å². The predicted molar refractivity (Wildman–Crippen MR) is 103 cm³/mol. The smallest absolute Gasteiger partial charge is 0.453 e. The van der Waals surface area contributed by atoms with E-state index in [9.17, 15) is 27.2 Å². The van der Waals surface area contributed by atoms with Crippen LogP contribution in [0.3, 0.4) is 0 Å². The van der Waals surface area contributed by atoms with E-state index in [0.29, 0.717) is 22.1 Å². The first-order chi connectivity index (χ1) is 15.2. The second-order valence-corrected chi connectivity index (χ2v) is 6.82. The number of amides is 1. The SMILES string of the molecule is COc1c(CC(CC=O)c2ccc(F)cc2)cc(-n2nnnc2C(F)(F)F)cc1C(N)=O. The molecule has 1 heterocycles. The van der Waals surface area contributed by atoms with Crippen LogP contribution in [0.15, 0.2) is 36.4 Å². The number of ether oxygens (including phenoxy) is 1. The summed E-state index contributed by atoms with van der Waals surface area (Å²) in [6, 6.07) is 7.86. The van der Waals surface area contributed by atoms with Crippen molar-refractivity contribution in [2.45, 2.75) is 24.9 Å². The van der Waals surface area contributed by atoms with E-state index in [1.54, 1.807) is 0 Å². The van der Waals surface area contributed by atoms with Crippen LogP contribution in [0.1, 0.15) is 39.6 Å². The molecule has 0 radical (unpaired) electrons. The number of nitrogens with two attached hydrogens (primary N) is 1. The van der Waals surface area contributed by atoms with Gasteiger partial charge in [-0.05, 0) is 58.2 Å². The highest BCUT2D eigenvalue weighted by Crippen LogP contribution is 2.35. The minimum Gasteiger partial charge on any atom is -0.496 e. The van der Waals surface area contributed by atoms with Gasteiger partial charge < -0.3 is 15.3 Å². The van der Waals surface area contributed by atoms with E-state index in [0.717, 1.165) is 6.07 Å². The molecule has 3 aromatic rings. The quantitative estimate of drug-likeness (QED) is 0.416. The number of benzene rings is 2. The van der Waals surface area contributed by atoms with Crippen LogP contribution in [0.5, 0.6) is 5.75 Å². The largest absolute Gasteiger partial charge is 0.496 e. The maximum Gasteiger partial charge on any atom is 0.453 e. The van der Waals surface area contributed by atoms with Crippen LogP contribution in [-0.2, 0) is 17.4 Å². The number of hydrogen-bond acceptors (Lipinski definition) is 6. The van der Waals surface area contributed by atoms with Crippen molar-refractivity contribution in [3.8, 4) is 11.4 Å². The maximum absolute atomic E-state index is 13.3. The molecule has 2 aromatic carbocycles. The number of rotatable bonds is 8. The van der Waals surface area contributed by atoms with Gasteiger partial charge in [-0.3, -0.25) is 4.79 Å². The molecular formula is C20H17F4N5O3. The van der Waals surface area contributed by atoms with Gasteiger partial charge in [0.1, 0.15) is 17.9 Å². The van der Waals surface area contributed by atoms with Gasteiger partial charge in [-0.1, -0.05) is 12.1 Å². The van der Waals surface area contributed by atoms with Gasteiger partial charge in [0.15, 0.2) is 0 Å². The molecule has 12 heteroatoms. The van der Waals surface area contributed by atoms with Crippen LogP contribution in [0.2, 0.25) is 0 Å². The van der Waals surface area contributed by atoms with Crippen molar-refractivity contribution in [2.75, 3.05) is 7.11 Å². The number of primary amides is 1. The fourth-order valence-electron chi connectivity index (χ4n) is 3.36. The normalized spacial score (nSPS) is 12.4. The van der Waals surface area contributed by atoms with Crippen molar-refractivity contribution in [2.24, 2.45) is 5.73 Å². The van der Waals surface area contributed by atoms with Gasteiger partial charge in [0, 0.05) is 6.42 Å². The van der Waals surface area contributed by atoms with E-state index >= 15 is 0 Å². The van der Waals surface area contributed by atoms with Crippen molar-refractivity contribution in [3.63, 3.8) is 0 Å². The van der Waals surface area contributed by atoms with Crippen LogP contribution in [0, 0.1) is 5.82 Å². The summed E-state index contributed by atoms with van der Waals surface area (Å²) in [7, 11) is 1.27. The third-order valence-electron chi connectivity index (χ3n) is 4.78. The summed E-state index contributed by atoms with van der Waals surface area (Å²) in [6.45, 7) is 0. The Morgan fingerprint density at radius 3 is 2.50 bits per heavy atom. The lowest BCUT2D eigenvalue weighted by atomic mass is 9.88. The molecule has 8 nitrogen and oxygen atoms in total. The summed E-state index contributed by atoms with van der Waals surface area (Å²) in [5.41, 5.74) is 5.97. The second kappa shape index (κ2) is 9.12. The summed E-state index contributed by atoms with van der Waals surface area (Å²) in [6.07, 6.45) is -4.08. The number of methoxy groups -OCH3 is 1. The molecule has 3 rings (SSSR count). The highest BCUT2D eigenvalue weighted by molar-refractivity contribution is 5.96. The van der Waals surface area contributed by atoms with Gasteiger partial charge in [0.2, 0.25) is 0 Å². The van der Waals surface area contributed by atoms with Gasteiger partial charge in [0.05, 0.1) is 18.4 Å². The number of tetrazole rings is 1. The highest BCUT2D eigenvalue weighted by Gasteiger charge is 2.38. The van der Waals surface area contributed by atoms with E-state index in [2.05, 4.69) is 15.5 Å². The summed E-state index contributed by atoms with van der Waals surface area (Å²) in [5, 5.41) is 9.45.